The third-order valence-electron chi connectivity index (χ3n) is 5.12. The van der Waals surface area contributed by atoms with Crippen molar-refractivity contribution in [2.24, 2.45) is 0 Å². The molecular weight excluding hydrogens is 428 g/mol. The standard InChI is InChI=1S/C23H26N4O2S2/c1-18(2)20-10-6-11-21-23(20)22(16-27(21)31(29)19-8-4-3-5-9-19)30(28)25-12-7-14-26-15-13-24-17-26/h3-6,8-11,13,15-18,25H,7,12,14H2,1-2H3. The van der Waals surface area contributed by atoms with Crippen LogP contribution < -0.4 is 4.72 Å². The van der Waals surface area contributed by atoms with Gasteiger partial charge in [-0.15, -0.1) is 0 Å². The second-order valence-electron chi connectivity index (χ2n) is 7.59. The molecule has 0 saturated carbocycles. The van der Waals surface area contributed by atoms with E-state index in [1.54, 1.807) is 22.7 Å². The molecule has 2 unspecified atom stereocenters. The summed E-state index contributed by atoms with van der Waals surface area (Å²) in [6.45, 7) is 5.64. The predicted octanol–water partition coefficient (Wildman–Crippen LogP) is 4.23. The molecule has 1 N–H and O–H groups in total. The molecule has 0 saturated heterocycles. The Balaban J connectivity index is 1.65. The summed E-state index contributed by atoms with van der Waals surface area (Å²) in [4.78, 5) is 5.42. The van der Waals surface area contributed by atoms with E-state index >= 15 is 0 Å². The van der Waals surface area contributed by atoms with Gasteiger partial charge in [-0.1, -0.05) is 44.2 Å². The molecule has 0 fully saturated rings. The number of hydrogen-bond donors (Lipinski definition) is 1. The van der Waals surface area contributed by atoms with Crippen LogP contribution >= 0.6 is 0 Å². The van der Waals surface area contributed by atoms with Gasteiger partial charge in [0.15, 0.2) is 11.0 Å². The first-order valence-electron chi connectivity index (χ1n) is 10.3. The average Bonchev–Trinajstić information content (AvgIpc) is 3.44. The molecule has 0 amide bonds. The minimum Gasteiger partial charge on any atom is -0.337 e. The maximum atomic E-state index is 13.3. The van der Waals surface area contributed by atoms with Crippen molar-refractivity contribution in [3.63, 3.8) is 0 Å². The van der Waals surface area contributed by atoms with E-state index in [0.717, 1.165) is 29.4 Å². The highest BCUT2D eigenvalue weighted by molar-refractivity contribution is 7.84. The number of benzene rings is 2. The van der Waals surface area contributed by atoms with Crippen LogP contribution in [-0.2, 0) is 28.5 Å². The van der Waals surface area contributed by atoms with Crippen molar-refractivity contribution in [1.29, 1.82) is 0 Å². The minimum absolute atomic E-state index is 0.252. The number of hydrogen-bond acceptors (Lipinski definition) is 3. The van der Waals surface area contributed by atoms with E-state index in [1.807, 2.05) is 53.2 Å². The van der Waals surface area contributed by atoms with Crippen LogP contribution in [-0.4, -0.2) is 28.5 Å². The van der Waals surface area contributed by atoms with Gasteiger partial charge in [0, 0.05) is 37.1 Å². The van der Waals surface area contributed by atoms with Gasteiger partial charge in [-0.25, -0.2) is 18.1 Å². The highest BCUT2D eigenvalue weighted by Crippen LogP contribution is 2.33. The monoisotopic (exact) mass is 454 g/mol. The Morgan fingerprint density at radius 3 is 2.58 bits per heavy atom. The molecule has 0 aliphatic heterocycles. The molecular formula is C23H26N4O2S2. The lowest BCUT2D eigenvalue weighted by molar-refractivity contribution is 0.624. The molecule has 31 heavy (non-hydrogen) atoms. The number of rotatable bonds is 9. The Kier molecular flexibility index (Phi) is 6.80. The minimum atomic E-state index is -1.42. The summed E-state index contributed by atoms with van der Waals surface area (Å²) in [6, 6.07) is 15.3. The molecule has 0 bridgehead atoms. The van der Waals surface area contributed by atoms with Gasteiger partial charge in [0.25, 0.3) is 0 Å². The summed E-state index contributed by atoms with van der Waals surface area (Å²) in [5, 5.41) is 0.919. The fourth-order valence-electron chi connectivity index (χ4n) is 3.58. The lowest BCUT2D eigenvalue weighted by Gasteiger charge is -2.10. The summed E-state index contributed by atoms with van der Waals surface area (Å²) in [6.07, 6.45) is 8.05. The molecule has 2 aromatic heterocycles. The second kappa shape index (κ2) is 9.72. The normalized spacial score (nSPS) is 13.6. The zero-order valence-corrected chi connectivity index (χ0v) is 19.2. The Morgan fingerprint density at radius 1 is 1.06 bits per heavy atom. The van der Waals surface area contributed by atoms with Gasteiger partial charge in [0.1, 0.15) is 11.0 Å². The second-order valence-corrected chi connectivity index (χ2v) is 10.2. The lowest BCUT2D eigenvalue weighted by Crippen LogP contribution is -2.20. The zero-order chi connectivity index (χ0) is 21.8. The summed E-state index contributed by atoms with van der Waals surface area (Å²) in [5.41, 5.74) is 1.93. The van der Waals surface area contributed by atoms with Crippen molar-refractivity contribution in [2.75, 3.05) is 6.54 Å². The fourth-order valence-corrected chi connectivity index (χ4v) is 5.89. The number of imidazole rings is 1. The maximum Gasteiger partial charge on any atom is 0.157 e. The van der Waals surface area contributed by atoms with E-state index in [2.05, 4.69) is 29.6 Å². The van der Waals surface area contributed by atoms with Gasteiger partial charge < -0.3 is 4.57 Å². The number of nitrogens with zero attached hydrogens (tertiary/aromatic N) is 3. The van der Waals surface area contributed by atoms with Crippen molar-refractivity contribution in [3.05, 3.63) is 79.0 Å². The Labute approximate surface area is 187 Å². The highest BCUT2D eigenvalue weighted by atomic mass is 32.2. The Morgan fingerprint density at radius 2 is 1.87 bits per heavy atom. The molecule has 162 valence electrons. The van der Waals surface area contributed by atoms with Crippen LogP contribution in [0, 0.1) is 0 Å². The number of fused-ring (bicyclic) bond motifs is 1. The molecule has 0 spiro atoms. The Hall–Kier alpha value is -2.55. The molecule has 4 aromatic rings. The van der Waals surface area contributed by atoms with Crippen LogP contribution in [0.1, 0.15) is 31.7 Å². The van der Waals surface area contributed by atoms with Crippen LogP contribution in [0.5, 0.6) is 0 Å². The number of aromatic nitrogens is 3. The van der Waals surface area contributed by atoms with Gasteiger partial charge in [0.05, 0.1) is 21.6 Å². The zero-order valence-electron chi connectivity index (χ0n) is 17.6. The molecule has 0 aliphatic carbocycles. The van der Waals surface area contributed by atoms with Crippen LogP contribution in [0.25, 0.3) is 10.9 Å². The molecule has 0 radical (unpaired) electrons. The predicted molar refractivity (Wildman–Crippen MR) is 126 cm³/mol. The maximum absolute atomic E-state index is 13.3. The van der Waals surface area contributed by atoms with Gasteiger partial charge >= 0.3 is 0 Å². The average molecular weight is 455 g/mol. The number of nitrogens with one attached hydrogen (secondary N) is 1. The van der Waals surface area contributed by atoms with Gasteiger partial charge in [-0.05, 0) is 36.1 Å². The van der Waals surface area contributed by atoms with E-state index in [-0.39, 0.29) is 5.92 Å². The molecule has 6 nitrogen and oxygen atoms in total. The van der Waals surface area contributed by atoms with Crippen molar-refractivity contribution >= 4 is 32.9 Å². The van der Waals surface area contributed by atoms with Crippen LogP contribution in [0.2, 0.25) is 0 Å². The quantitative estimate of drug-likeness (QED) is 0.385. The number of aryl methyl sites for hydroxylation is 1. The fraction of sp³-hybridized carbons (Fsp3) is 0.261. The van der Waals surface area contributed by atoms with Gasteiger partial charge in [-0.3, -0.25) is 3.97 Å². The topological polar surface area (TPSA) is 68.9 Å². The summed E-state index contributed by atoms with van der Waals surface area (Å²) in [7, 11) is -2.84. The van der Waals surface area contributed by atoms with Crippen molar-refractivity contribution in [1.82, 2.24) is 18.2 Å². The summed E-state index contributed by atoms with van der Waals surface area (Å²) < 4.78 is 33.4. The summed E-state index contributed by atoms with van der Waals surface area (Å²) >= 11 is 0. The first kappa shape index (κ1) is 21.7. The summed E-state index contributed by atoms with van der Waals surface area (Å²) in [5.74, 6) is 0.252. The van der Waals surface area contributed by atoms with Gasteiger partial charge in [-0.2, -0.15) is 0 Å². The van der Waals surface area contributed by atoms with Crippen molar-refractivity contribution in [3.8, 4) is 0 Å². The smallest absolute Gasteiger partial charge is 0.157 e. The van der Waals surface area contributed by atoms with E-state index in [4.69, 9.17) is 0 Å². The van der Waals surface area contributed by atoms with E-state index in [9.17, 15) is 8.42 Å². The van der Waals surface area contributed by atoms with Crippen molar-refractivity contribution < 1.29 is 8.42 Å². The van der Waals surface area contributed by atoms with Gasteiger partial charge in [0.2, 0.25) is 0 Å². The highest BCUT2D eigenvalue weighted by Gasteiger charge is 2.21. The molecule has 8 heteroatoms. The first-order valence-corrected chi connectivity index (χ1v) is 12.5. The molecule has 2 heterocycles. The Bertz CT molecular complexity index is 1200. The largest absolute Gasteiger partial charge is 0.337 e. The van der Waals surface area contributed by atoms with E-state index in [0.29, 0.717) is 16.3 Å². The van der Waals surface area contributed by atoms with Crippen LogP contribution in [0.3, 0.4) is 0 Å². The molecule has 4 rings (SSSR count). The molecule has 0 aliphatic rings. The molecule has 2 aromatic carbocycles. The third-order valence-corrected chi connectivity index (χ3v) is 7.63. The SMILES string of the molecule is CC(C)c1cccc2c1c(S(=O)NCCCn1ccnc1)cn2S(=O)c1ccccc1. The molecule has 2 atom stereocenters. The van der Waals surface area contributed by atoms with Crippen molar-refractivity contribution in [2.45, 2.75) is 42.5 Å². The lowest BCUT2D eigenvalue weighted by atomic mass is 9.99. The third kappa shape index (κ3) is 4.71. The van der Waals surface area contributed by atoms with E-state index < -0.39 is 22.0 Å². The van der Waals surface area contributed by atoms with Crippen LogP contribution in [0.15, 0.2) is 83.2 Å². The first-order chi connectivity index (χ1) is 15.1. The van der Waals surface area contributed by atoms with Crippen LogP contribution in [0.4, 0.5) is 0 Å². The van der Waals surface area contributed by atoms with E-state index in [1.165, 1.54) is 0 Å².